The lowest BCUT2D eigenvalue weighted by atomic mass is 10.1. The van der Waals surface area contributed by atoms with Gasteiger partial charge in [0.2, 0.25) is 6.29 Å². The number of hydrogen-bond donors (Lipinski definition) is 4. The van der Waals surface area contributed by atoms with Gasteiger partial charge in [0.25, 0.3) is 0 Å². The molecule has 0 spiro atoms. The van der Waals surface area contributed by atoms with E-state index in [1.807, 2.05) is 0 Å². The fourth-order valence-corrected chi connectivity index (χ4v) is 1.35. The van der Waals surface area contributed by atoms with Crippen molar-refractivity contribution >= 4 is 5.97 Å². The van der Waals surface area contributed by atoms with E-state index in [0.29, 0.717) is 0 Å². The Morgan fingerprint density at radius 1 is 1.50 bits per heavy atom. The Balaban J connectivity index is 2.64. The Labute approximate surface area is 91.5 Å². The van der Waals surface area contributed by atoms with Gasteiger partial charge in [-0.05, 0) is 0 Å². The summed E-state index contributed by atoms with van der Waals surface area (Å²) in [5.74, 6) is -0.824. The van der Waals surface area contributed by atoms with Gasteiger partial charge in [0, 0.05) is 6.08 Å². The third-order valence-corrected chi connectivity index (χ3v) is 2.22. The highest BCUT2D eigenvalue weighted by atomic mass is 16.7. The summed E-state index contributed by atoms with van der Waals surface area (Å²) in [5.41, 5.74) is 0. The number of carbonyl (C=O) groups excluding carboxylic acids is 1. The molecule has 1 aliphatic rings. The minimum atomic E-state index is -1.48. The van der Waals surface area contributed by atoms with E-state index in [4.69, 9.17) is 9.84 Å². The Bertz CT molecular complexity index is 267. The Kier molecular flexibility index (Phi) is 4.39. The fraction of sp³-hybridized carbons (Fsp3) is 0.667. The van der Waals surface area contributed by atoms with Crippen molar-refractivity contribution in [3.63, 3.8) is 0 Å². The van der Waals surface area contributed by atoms with Gasteiger partial charge in [-0.3, -0.25) is 0 Å². The second-order valence-corrected chi connectivity index (χ2v) is 3.34. The van der Waals surface area contributed by atoms with Crippen molar-refractivity contribution in [1.29, 1.82) is 0 Å². The number of carbonyl (C=O) groups is 1. The first kappa shape index (κ1) is 13.1. The molecule has 0 saturated carbocycles. The summed E-state index contributed by atoms with van der Waals surface area (Å²) >= 11 is 0. The molecule has 1 saturated heterocycles. The van der Waals surface area contributed by atoms with E-state index in [2.05, 4.69) is 11.3 Å². The molecule has 1 heterocycles. The smallest absolute Gasteiger partial charge is 0.332 e. The number of ether oxygens (including phenoxy) is 2. The molecule has 1 aliphatic heterocycles. The van der Waals surface area contributed by atoms with Crippen molar-refractivity contribution in [2.45, 2.75) is 30.7 Å². The number of aliphatic hydroxyl groups is 4. The molecule has 1 unspecified atom stereocenters. The quantitative estimate of drug-likeness (QED) is 0.314. The molecule has 0 amide bonds. The maximum Gasteiger partial charge on any atom is 0.332 e. The van der Waals surface area contributed by atoms with Crippen LogP contribution in [0.25, 0.3) is 0 Å². The van der Waals surface area contributed by atoms with E-state index in [-0.39, 0.29) is 0 Å². The average molecular weight is 234 g/mol. The standard InChI is InChI=1S/C9H14O7/c1-2-5(12)15-9-7(14)6(13)8(16-9)4(11)3-10/h2,4,6-11,13-14H,1,3H2/t4-,6-,7-,8-,9?/m1/s1. The summed E-state index contributed by atoms with van der Waals surface area (Å²) in [6, 6.07) is 0. The molecule has 0 bridgehead atoms. The summed E-state index contributed by atoms with van der Waals surface area (Å²) in [4.78, 5) is 10.8. The van der Waals surface area contributed by atoms with E-state index in [9.17, 15) is 20.1 Å². The maximum absolute atomic E-state index is 10.8. The molecule has 5 atom stereocenters. The second-order valence-electron chi connectivity index (χ2n) is 3.34. The number of aliphatic hydroxyl groups excluding tert-OH is 4. The lowest BCUT2D eigenvalue weighted by Gasteiger charge is -2.18. The Morgan fingerprint density at radius 3 is 2.62 bits per heavy atom. The predicted molar refractivity (Wildman–Crippen MR) is 50.1 cm³/mol. The second kappa shape index (κ2) is 5.37. The Hall–Kier alpha value is -0.990. The molecule has 7 heteroatoms. The summed E-state index contributed by atoms with van der Waals surface area (Å²) in [6.07, 6.45) is -6.00. The minimum absolute atomic E-state index is 0.642. The summed E-state index contributed by atoms with van der Waals surface area (Å²) in [6.45, 7) is 2.51. The van der Waals surface area contributed by atoms with Crippen LogP contribution in [-0.4, -0.2) is 63.7 Å². The molecule has 0 radical (unpaired) electrons. The van der Waals surface area contributed by atoms with Crippen LogP contribution in [0.5, 0.6) is 0 Å². The van der Waals surface area contributed by atoms with Crippen LogP contribution in [0.1, 0.15) is 0 Å². The summed E-state index contributed by atoms with van der Waals surface area (Å²) in [5, 5.41) is 36.8. The molecule has 16 heavy (non-hydrogen) atoms. The molecule has 0 aliphatic carbocycles. The average Bonchev–Trinajstić information content (AvgIpc) is 2.56. The van der Waals surface area contributed by atoms with E-state index in [1.54, 1.807) is 0 Å². The monoisotopic (exact) mass is 234 g/mol. The molecule has 0 aromatic carbocycles. The van der Waals surface area contributed by atoms with Crippen LogP contribution in [0.15, 0.2) is 12.7 Å². The maximum atomic E-state index is 10.8. The lowest BCUT2D eigenvalue weighted by Crippen LogP contribution is -2.40. The number of hydrogen-bond acceptors (Lipinski definition) is 7. The zero-order valence-corrected chi connectivity index (χ0v) is 8.39. The zero-order chi connectivity index (χ0) is 12.3. The molecule has 1 rings (SSSR count). The molecule has 0 aromatic rings. The van der Waals surface area contributed by atoms with Gasteiger partial charge in [-0.15, -0.1) is 0 Å². The molecule has 4 N–H and O–H groups in total. The lowest BCUT2D eigenvalue weighted by molar-refractivity contribution is -0.190. The van der Waals surface area contributed by atoms with Crippen LogP contribution in [-0.2, 0) is 14.3 Å². The van der Waals surface area contributed by atoms with Gasteiger partial charge < -0.3 is 29.9 Å². The first-order chi connectivity index (χ1) is 7.51. The van der Waals surface area contributed by atoms with Crippen LogP contribution in [0, 0.1) is 0 Å². The van der Waals surface area contributed by atoms with E-state index >= 15 is 0 Å². The van der Waals surface area contributed by atoms with Gasteiger partial charge in [-0.2, -0.15) is 0 Å². The third kappa shape index (κ3) is 2.57. The third-order valence-electron chi connectivity index (χ3n) is 2.22. The largest absolute Gasteiger partial charge is 0.430 e. The predicted octanol–water partition coefficient (Wildman–Crippen LogP) is -2.48. The van der Waals surface area contributed by atoms with E-state index in [1.165, 1.54) is 0 Å². The Morgan fingerprint density at radius 2 is 2.12 bits per heavy atom. The number of rotatable bonds is 4. The first-order valence-electron chi connectivity index (χ1n) is 4.64. The van der Waals surface area contributed by atoms with Crippen molar-refractivity contribution in [1.82, 2.24) is 0 Å². The highest BCUT2D eigenvalue weighted by molar-refractivity contribution is 5.81. The molecule has 1 fully saturated rings. The zero-order valence-electron chi connectivity index (χ0n) is 8.39. The topological polar surface area (TPSA) is 116 Å². The van der Waals surface area contributed by atoms with E-state index < -0.39 is 43.3 Å². The van der Waals surface area contributed by atoms with Gasteiger partial charge in [0.05, 0.1) is 6.61 Å². The highest BCUT2D eigenvalue weighted by Crippen LogP contribution is 2.24. The molecular formula is C9H14O7. The van der Waals surface area contributed by atoms with Crippen LogP contribution >= 0.6 is 0 Å². The van der Waals surface area contributed by atoms with Crippen molar-refractivity contribution < 1.29 is 34.7 Å². The number of esters is 1. The fourth-order valence-electron chi connectivity index (χ4n) is 1.35. The van der Waals surface area contributed by atoms with Gasteiger partial charge in [-0.1, -0.05) is 6.58 Å². The normalized spacial score (nSPS) is 35.8. The highest BCUT2D eigenvalue weighted by Gasteiger charge is 2.47. The molecular weight excluding hydrogens is 220 g/mol. The summed E-state index contributed by atoms with van der Waals surface area (Å²) in [7, 11) is 0. The van der Waals surface area contributed by atoms with Crippen LogP contribution in [0.3, 0.4) is 0 Å². The van der Waals surface area contributed by atoms with Gasteiger partial charge in [0.1, 0.15) is 24.4 Å². The molecule has 92 valence electrons. The van der Waals surface area contributed by atoms with Crippen LogP contribution < -0.4 is 0 Å². The van der Waals surface area contributed by atoms with Crippen LogP contribution in [0.2, 0.25) is 0 Å². The van der Waals surface area contributed by atoms with Crippen molar-refractivity contribution in [2.24, 2.45) is 0 Å². The summed E-state index contributed by atoms with van der Waals surface area (Å²) < 4.78 is 9.50. The van der Waals surface area contributed by atoms with Crippen LogP contribution in [0.4, 0.5) is 0 Å². The van der Waals surface area contributed by atoms with Crippen molar-refractivity contribution in [3.8, 4) is 0 Å². The molecule has 0 aromatic heterocycles. The first-order valence-corrected chi connectivity index (χ1v) is 4.64. The van der Waals surface area contributed by atoms with E-state index in [0.717, 1.165) is 6.08 Å². The van der Waals surface area contributed by atoms with Crippen molar-refractivity contribution in [2.75, 3.05) is 6.61 Å². The van der Waals surface area contributed by atoms with Gasteiger partial charge in [-0.25, -0.2) is 4.79 Å². The van der Waals surface area contributed by atoms with Gasteiger partial charge >= 0.3 is 5.97 Å². The minimum Gasteiger partial charge on any atom is -0.430 e. The van der Waals surface area contributed by atoms with Crippen molar-refractivity contribution in [3.05, 3.63) is 12.7 Å². The molecule has 7 nitrogen and oxygen atoms in total. The van der Waals surface area contributed by atoms with Gasteiger partial charge in [0.15, 0.2) is 0 Å². The SMILES string of the molecule is C=CC(=O)OC1O[C@H]([C@H](O)CO)[C@H](O)[C@H]1O.